The van der Waals surface area contributed by atoms with Crippen LogP contribution in [0.2, 0.25) is 0 Å². The van der Waals surface area contributed by atoms with Crippen molar-refractivity contribution in [2.45, 2.75) is 19.9 Å². The summed E-state index contributed by atoms with van der Waals surface area (Å²) in [7, 11) is 0. The summed E-state index contributed by atoms with van der Waals surface area (Å²) < 4.78 is 10.7. The zero-order chi connectivity index (χ0) is 14.4. The van der Waals surface area contributed by atoms with Crippen molar-refractivity contribution in [3.05, 3.63) is 23.2 Å². The van der Waals surface area contributed by atoms with Gasteiger partial charge < -0.3 is 19.6 Å². The second-order valence-corrected chi connectivity index (χ2v) is 4.97. The normalized spacial score (nSPS) is 16.4. The van der Waals surface area contributed by atoms with E-state index in [2.05, 4.69) is 10.2 Å². The highest BCUT2D eigenvalue weighted by molar-refractivity contribution is 5.88. The number of carboxylic acid groups (broad SMARTS) is 1. The molecule has 0 amide bonds. The fraction of sp³-hybridized carbons (Fsp3) is 0.643. The molecule has 2 rings (SSSR count). The molecule has 0 saturated carbocycles. The molecule has 112 valence electrons. The van der Waals surface area contributed by atoms with Crippen molar-refractivity contribution in [2.75, 3.05) is 39.4 Å². The van der Waals surface area contributed by atoms with E-state index in [1.807, 2.05) is 0 Å². The number of morpholine rings is 1. The molecule has 2 heterocycles. The third-order valence-electron chi connectivity index (χ3n) is 3.43. The van der Waals surface area contributed by atoms with E-state index in [0.29, 0.717) is 18.1 Å². The lowest BCUT2D eigenvalue weighted by Crippen LogP contribution is -2.37. The van der Waals surface area contributed by atoms with Crippen LogP contribution in [0.5, 0.6) is 0 Å². The van der Waals surface area contributed by atoms with Crippen LogP contribution in [0.15, 0.2) is 10.5 Å². The minimum atomic E-state index is -0.940. The Bertz CT molecular complexity index is 438. The van der Waals surface area contributed by atoms with Crippen LogP contribution in [0.1, 0.15) is 28.3 Å². The van der Waals surface area contributed by atoms with Gasteiger partial charge in [0.2, 0.25) is 0 Å². The first kappa shape index (κ1) is 15.0. The van der Waals surface area contributed by atoms with E-state index in [4.69, 9.17) is 14.3 Å². The molecule has 1 aromatic rings. The van der Waals surface area contributed by atoms with Crippen LogP contribution in [0.3, 0.4) is 0 Å². The summed E-state index contributed by atoms with van der Waals surface area (Å²) in [6, 6.07) is 1.59. The van der Waals surface area contributed by atoms with Gasteiger partial charge in [0.05, 0.1) is 19.8 Å². The van der Waals surface area contributed by atoms with Crippen LogP contribution < -0.4 is 5.32 Å². The molecule has 0 unspecified atom stereocenters. The lowest BCUT2D eigenvalue weighted by atomic mass is 10.2. The van der Waals surface area contributed by atoms with Gasteiger partial charge in [0.25, 0.3) is 0 Å². The first-order chi connectivity index (χ1) is 9.66. The predicted molar refractivity (Wildman–Crippen MR) is 74.0 cm³/mol. The number of nitrogens with zero attached hydrogens (tertiary/aromatic N) is 1. The van der Waals surface area contributed by atoms with Crippen LogP contribution >= 0.6 is 0 Å². The van der Waals surface area contributed by atoms with Gasteiger partial charge in [-0.3, -0.25) is 4.90 Å². The number of carbonyl (C=O) groups is 1. The molecule has 0 aliphatic carbocycles. The number of nitrogens with one attached hydrogen (secondary N) is 1. The third-order valence-corrected chi connectivity index (χ3v) is 3.43. The average Bonchev–Trinajstić information content (AvgIpc) is 2.81. The van der Waals surface area contributed by atoms with Crippen molar-refractivity contribution in [3.8, 4) is 0 Å². The Morgan fingerprint density at radius 3 is 2.85 bits per heavy atom. The summed E-state index contributed by atoms with van der Waals surface area (Å²) in [5.41, 5.74) is 0.245. The SMILES string of the molecule is Cc1oc(CNCCCN2CCOCC2)cc1C(=O)O. The second kappa shape index (κ2) is 7.42. The van der Waals surface area contributed by atoms with Gasteiger partial charge in [0.1, 0.15) is 17.1 Å². The summed E-state index contributed by atoms with van der Waals surface area (Å²) in [5.74, 6) is 0.193. The van der Waals surface area contributed by atoms with Crippen LogP contribution in [-0.4, -0.2) is 55.4 Å². The van der Waals surface area contributed by atoms with Crippen LogP contribution in [-0.2, 0) is 11.3 Å². The zero-order valence-electron chi connectivity index (χ0n) is 11.9. The van der Waals surface area contributed by atoms with E-state index in [0.717, 1.165) is 45.8 Å². The number of rotatable bonds is 7. The van der Waals surface area contributed by atoms with E-state index >= 15 is 0 Å². The molecule has 6 nitrogen and oxygen atoms in total. The molecule has 2 N–H and O–H groups in total. The Hall–Kier alpha value is -1.37. The molecule has 6 heteroatoms. The predicted octanol–water partition coefficient (Wildman–Crippen LogP) is 1.10. The first-order valence-electron chi connectivity index (χ1n) is 7.00. The van der Waals surface area contributed by atoms with E-state index < -0.39 is 5.97 Å². The topological polar surface area (TPSA) is 74.9 Å². The number of hydrogen-bond donors (Lipinski definition) is 2. The Morgan fingerprint density at radius 2 is 2.20 bits per heavy atom. The van der Waals surface area contributed by atoms with Gasteiger partial charge in [-0.25, -0.2) is 4.79 Å². The average molecular weight is 282 g/mol. The molecule has 1 aliphatic heterocycles. The van der Waals surface area contributed by atoms with Gasteiger partial charge in [-0.05, 0) is 32.5 Å². The molecule has 20 heavy (non-hydrogen) atoms. The Morgan fingerprint density at radius 1 is 1.45 bits per heavy atom. The summed E-state index contributed by atoms with van der Waals surface area (Å²) in [6.45, 7) is 7.88. The fourth-order valence-electron chi connectivity index (χ4n) is 2.31. The van der Waals surface area contributed by atoms with E-state index in [9.17, 15) is 4.79 Å². The maximum absolute atomic E-state index is 10.9. The lowest BCUT2D eigenvalue weighted by Gasteiger charge is -2.26. The quantitative estimate of drug-likeness (QED) is 0.729. The molecule has 1 fully saturated rings. The highest BCUT2D eigenvalue weighted by Crippen LogP contribution is 2.14. The number of carboxylic acids is 1. The Labute approximate surface area is 118 Å². The second-order valence-electron chi connectivity index (χ2n) is 4.97. The molecule has 0 atom stereocenters. The van der Waals surface area contributed by atoms with Crippen molar-refractivity contribution in [2.24, 2.45) is 0 Å². The summed E-state index contributed by atoms with van der Waals surface area (Å²) >= 11 is 0. The maximum atomic E-state index is 10.9. The van der Waals surface area contributed by atoms with E-state index in [1.54, 1.807) is 13.0 Å². The molecule has 0 aromatic carbocycles. The van der Waals surface area contributed by atoms with Gasteiger partial charge in [0, 0.05) is 13.1 Å². The molecule has 0 spiro atoms. The van der Waals surface area contributed by atoms with Gasteiger partial charge in [-0.2, -0.15) is 0 Å². The fourth-order valence-corrected chi connectivity index (χ4v) is 2.31. The first-order valence-corrected chi connectivity index (χ1v) is 7.00. The zero-order valence-corrected chi connectivity index (χ0v) is 11.9. The standard InChI is InChI=1S/C14H22N2O4/c1-11-13(14(17)18)9-12(20-11)10-15-3-2-4-16-5-7-19-8-6-16/h9,15H,2-8,10H2,1H3,(H,17,18). The van der Waals surface area contributed by atoms with Crippen LogP contribution in [0.25, 0.3) is 0 Å². The van der Waals surface area contributed by atoms with Crippen molar-refractivity contribution in [1.82, 2.24) is 10.2 Å². The molecule has 1 saturated heterocycles. The van der Waals surface area contributed by atoms with Crippen molar-refractivity contribution >= 4 is 5.97 Å². The van der Waals surface area contributed by atoms with Crippen molar-refractivity contribution in [3.63, 3.8) is 0 Å². The molecule has 0 radical (unpaired) electrons. The highest BCUT2D eigenvalue weighted by Gasteiger charge is 2.13. The van der Waals surface area contributed by atoms with Crippen molar-refractivity contribution < 1.29 is 19.1 Å². The third kappa shape index (κ3) is 4.33. The number of hydrogen-bond acceptors (Lipinski definition) is 5. The molecular weight excluding hydrogens is 260 g/mol. The minimum absolute atomic E-state index is 0.245. The number of furan rings is 1. The monoisotopic (exact) mass is 282 g/mol. The van der Waals surface area contributed by atoms with Crippen LogP contribution in [0.4, 0.5) is 0 Å². The van der Waals surface area contributed by atoms with Crippen LogP contribution in [0, 0.1) is 6.92 Å². The van der Waals surface area contributed by atoms with Crippen molar-refractivity contribution in [1.29, 1.82) is 0 Å². The highest BCUT2D eigenvalue weighted by atomic mass is 16.5. The Balaban J connectivity index is 1.63. The van der Waals surface area contributed by atoms with E-state index in [-0.39, 0.29) is 5.56 Å². The maximum Gasteiger partial charge on any atom is 0.339 e. The molecular formula is C14H22N2O4. The summed E-state index contributed by atoms with van der Waals surface area (Å²) in [6.07, 6.45) is 1.06. The van der Waals surface area contributed by atoms with Gasteiger partial charge >= 0.3 is 5.97 Å². The van der Waals surface area contributed by atoms with Gasteiger partial charge in [-0.1, -0.05) is 0 Å². The number of aryl methyl sites for hydroxylation is 1. The summed E-state index contributed by atoms with van der Waals surface area (Å²) in [4.78, 5) is 13.3. The lowest BCUT2D eigenvalue weighted by molar-refractivity contribution is 0.0374. The minimum Gasteiger partial charge on any atom is -0.478 e. The largest absolute Gasteiger partial charge is 0.478 e. The molecule has 1 aliphatic rings. The molecule has 0 bridgehead atoms. The summed E-state index contributed by atoms with van der Waals surface area (Å²) in [5, 5.41) is 12.2. The smallest absolute Gasteiger partial charge is 0.339 e. The van der Waals surface area contributed by atoms with Gasteiger partial charge in [0.15, 0.2) is 0 Å². The van der Waals surface area contributed by atoms with E-state index in [1.165, 1.54) is 0 Å². The molecule has 1 aromatic heterocycles. The number of aromatic carboxylic acids is 1. The number of ether oxygens (including phenoxy) is 1. The Kier molecular flexibility index (Phi) is 5.58. The van der Waals surface area contributed by atoms with Gasteiger partial charge in [-0.15, -0.1) is 0 Å².